The van der Waals surface area contributed by atoms with Crippen LogP contribution in [0.2, 0.25) is 0 Å². The molecule has 31 heavy (non-hydrogen) atoms. The van der Waals surface area contributed by atoms with Gasteiger partial charge in [-0.05, 0) is 78.8 Å². The van der Waals surface area contributed by atoms with Crippen molar-refractivity contribution in [3.8, 4) is 5.75 Å². The highest BCUT2D eigenvalue weighted by Gasteiger charge is 2.47. The van der Waals surface area contributed by atoms with Gasteiger partial charge in [0.15, 0.2) is 0 Å². The number of ether oxygens (including phenoxy) is 1. The molecule has 0 saturated carbocycles. The van der Waals surface area contributed by atoms with E-state index in [1.54, 1.807) is 41.2 Å². The van der Waals surface area contributed by atoms with Gasteiger partial charge in [0.05, 0.1) is 12.0 Å². The lowest BCUT2D eigenvalue weighted by Crippen LogP contribution is -2.61. The standard InChI is InChI=1S/C25H32N2O3S/c1-30-22-9-11-23(12-10-22)31(28,29)27-15-13-25(14-16-27)18-26(19-25)17-21-7-4-6-20-5-2-3-8-24(20)21/h2-3,5,8-12,21H,4,6-7,13-19H2,1H3. The summed E-state index contributed by atoms with van der Waals surface area (Å²) >= 11 is 0. The van der Waals surface area contributed by atoms with E-state index >= 15 is 0 Å². The average molecular weight is 441 g/mol. The number of hydrogen-bond donors (Lipinski definition) is 0. The Balaban J connectivity index is 1.17. The maximum atomic E-state index is 13.0. The predicted molar refractivity (Wildman–Crippen MR) is 122 cm³/mol. The normalized spacial score (nSPS) is 23.8. The van der Waals surface area contributed by atoms with Crippen LogP contribution in [0.1, 0.15) is 42.7 Å². The fourth-order valence-electron chi connectivity index (χ4n) is 5.80. The van der Waals surface area contributed by atoms with Crippen molar-refractivity contribution in [1.29, 1.82) is 0 Å². The highest BCUT2D eigenvalue weighted by molar-refractivity contribution is 7.89. The second-order valence-electron chi connectivity index (χ2n) is 9.54. The molecule has 2 aromatic rings. The van der Waals surface area contributed by atoms with Gasteiger partial charge >= 0.3 is 0 Å². The minimum atomic E-state index is -3.43. The lowest BCUT2D eigenvalue weighted by atomic mass is 9.71. The van der Waals surface area contributed by atoms with Gasteiger partial charge in [0.25, 0.3) is 0 Å². The number of benzene rings is 2. The lowest BCUT2D eigenvalue weighted by Gasteiger charge is -2.54. The van der Waals surface area contributed by atoms with Gasteiger partial charge in [-0.3, -0.25) is 0 Å². The summed E-state index contributed by atoms with van der Waals surface area (Å²) in [4.78, 5) is 2.95. The summed E-state index contributed by atoms with van der Waals surface area (Å²) < 4.78 is 32.9. The smallest absolute Gasteiger partial charge is 0.243 e. The first-order chi connectivity index (χ1) is 15.0. The van der Waals surface area contributed by atoms with Gasteiger partial charge in [-0.15, -0.1) is 0 Å². The summed E-state index contributed by atoms with van der Waals surface area (Å²) in [5.41, 5.74) is 3.39. The number of fused-ring (bicyclic) bond motifs is 1. The monoisotopic (exact) mass is 440 g/mol. The molecule has 1 aliphatic carbocycles. The van der Waals surface area contributed by atoms with Gasteiger partial charge in [-0.1, -0.05) is 24.3 Å². The number of sulfonamides is 1. The number of methoxy groups -OCH3 is 1. The maximum absolute atomic E-state index is 13.0. The molecule has 0 N–H and O–H groups in total. The third-order valence-corrected chi connectivity index (χ3v) is 9.48. The van der Waals surface area contributed by atoms with Crippen molar-refractivity contribution in [2.45, 2.75) is 42.9 Å². The molecule has 1 spiro atoms. The Morgan fingerprint density at radius 3 is 2.45 bits per heavy atom. The van der Waals surface area contributed by atoms with E-state index in [1.165, 1.54) is 24.8 Å². The van der Waals surface area contributed by atoms with Crippen molar-refractivity contribution >= 4 is 10.0 Å². The molecular weight excluding hydrogens is 408 g/mol. The minimum Gasteiger partial charge on any atom is -0.497 e. The van der Waals surface area contributed by atoms with E-state index in [1.807, 2.05) is 0 Å². The fraction of sp³-hybridized carbons (Fsp3) is 0.520. The summed E-state index contributed by atoms with van der Waals surface area (Å²) in [5.74, 6) is 1.32. The summed E-state index contributed by atoms with van der Waals surface area (Å²) in [7, 11) is -1.84. The Hall–Kier alpha value is -1.89. The number of hydrogen-bond acceptors (Lipinski definition) is 4. The zero-order chi connectivity index (χ0) is 21.5. The second kappa shape index (κ2) is 8.23. The molecule has 2 saturated heterocycles. The third-order valence-electron chi connectivity index (χ3n) is 7.57. The zero-order valence-electron chi connectivity index (χ0n) is 18.3. The number of piperidine rings is 1. The molecular formula is C25H32N2O3S. The largest absolute Gasteiger partial charge is 0.497 e. The minimum absolute atomic E-state index is 0.306. The van der Waals surface area contributed by atoms with E-state index in [4.69, 9.17) is 4.74 Å². The Labute approximate surface area is 186 Å². The van der Waals surface area contributed by atoms with Crippen LogP contribution < -0.4 is 4.74 Å². The maximum Gasteiger partial charge on any atom is 0.243 e. The van der Waals surface area contributed by atoms with Crippen molar-refractivity contribution in [2.24, 2.45) is 5.41 Å². The molecule has 166 valence electrons. The van der Waals surface area contributed by atoms with Gasteiger partial charge in [0.2, 0.25) is 10.0 Å². The summed E-state index contributed by atoms with van der Waals surface area (Å²) in [6.07, 6.45) is 5.71. The SMILES string of the molecule is COc1ccc(S(=O)(=O)N2CCC3(CC2)CN(CC2CCCc4ccccc42)C3)cc1. The fourth-order valence-corrected chi connectivity index (χ4v) is 7.24. The molecule has 0 bridgehead atoms. The van der Waals surface area contributed by atoms with E-state index in [0.717, 1.165) is 32.5 Å². The lowest BCUT2D eigenvalue weighted by molar-refractivity contribution is -0.0380. The highest BCUT2D eigenvalue weighted by atomic mass is 32.2. The molecule has 2 heterocycles. The Morgan fingerprint density at radius 2 is 1.74 bits per heavy atom. The van der Waals surface area contributed by atoms with Crippen LogP contribution in [-0.2, 0) is 16.4 Å². The molecule has 1 unspecified atom stereocenters. The first-order valence-corrected chi connectivity index (χ1v) is 12.9. The van der Waals surface area contributed by atoms with Gasteiger partial charge in [-0.25, -0.2) is 8.42 Å². The topological polar surface area (TPSA) is 49.9 Å². The van der Waals surface area contributed by atoms with Gasteiger partial charge in [0.1, 0.15) is 5.75 Å². The van der Waals surface area contributed by atoms with Crippen molar-refractivity contribution in [1.82, 2.24) is 9.21 Å². The van der Waals surface area contributed by atoms with E-state index in [9.17, 15) is 8.42 Å². The van der Waals surface area contributed by atoms with Crippen LogP contribution in [0.5, 0.6) is 5.75 Å². The van der Waals surface area contributed by atoms with Crippen LogP contribution in [0, 0.1) is 5.41 Å². The summed E-state index contributed by atoms with van der Waals surface area (Å²) in [6, 6.07) is 15.7. The highest BCUT2D eigenvalue weighted by Crippen LogP contribution is 2.43. The number of rotatable bonds is 5. The molecule has 2 fully saturated rings. The summed E-state index contributed by atoms with van der Waals surface area (Å²) in [6.45, 7) is 4.61. The van der Waals surface area contributed by atoms with Gasteiger partial charge in [-0.2, -0.15) is 4.31 Å². The third kappa shape index (κ3) is 4.01. The van der Waals surface area contributed by atoms with E-state index in [0.29, 0.717) is 35.1 Å². The van der Waals surface area contributed by atoms with E-state index in [-0.39, 0.29) is 0 Å². The molecule has 2 aliphatic heterocycles. The number of likely N-dealkylation sites (tertiary alicyclic amines) is 1. The molecule has 0 radical (unpaired) electrons. The molecule has 6 heteroatoms. The van der Waals surface area contributed by atoms with Crippen molar-refractivity contribution < 1.29 is 13.2 Å². The molecule has 2 aromatic carbocycles. The quantitative estimate of drug-likeness (QED) is 0.708. The Morgan fingerprint density at radius 1 is 1.03 bits per heavy atom. The molecule has 5 rings (SSSR count). The molecule has 0 aromatic heterocycles. The van der Waals surface area contributed by atoms with Crippen LogP contribution >= 0.6 is 0 Å². The van der Waals surface area contributed by atoms with Crippen LogP contribution in [0.25, 0.3) is 0 Å². The van der Waals surface area contributed by atoms with Crippen LogP contribution in [-0.4, -0.2) is 57.5 Å². The zero-order valence-corrected chi connectivity index (χ0v) is 19.1. The van der Waals surface area contributed by atoms with Crippen LogP contribution in [0.4, 0.5) is 0 Å². The van der Waals surface area contributed by atoms with Crippen molar-refractivity contribution in [2.75, 3.05) is 39.8 Å². The molecule has 3 aliphatic rings. The van der Waals surface area contributed by atoms with E-state index < -0.39 is 10.0 Å². The summed E-state index contributed by atoms with van der Waals surface area (Å²) in [5, 5.41) is 0. The van der Waals surface area contributed by atoms with Gasteiger partial charge in [0, 0.05) is 32.7 Å². The Bertz CT molecular complexity index is 1020. The molecule has 0 amide bonds. The van der Waals surface area contributed by atoms with E-state index in [2.05, 4.69) is 29.2 Å². The molecule has 1 atom stereocenters. The van der Waals surface area contributed by atoms with Crippen molar-refractivity contribution in [3.05, 3.63) is 59.7 Å². The van der Waals surface area contributed by atoms with Crippen LogP contribution in [0.3, 0.4) is 0 Å². The first kappa shape index (κ1) is 21.0. The predicted octanol–water partition coefficient (Wildman–Crippen LogP) is 3.90. The number of aryl methyl sites for hydroxylation is 1. The Kier molecular flexibility index (Phi) is 5.57. The second-order valence-corrected chi connectivity index (χ2v) is 11.5. The van der Waals surface area contributed by atoms with Gasteiger partial charge < -0.3 is 9.64 Å². The number of nitrogens with zero attached hydrogens (tertiary/aromatic N) is 2. The van der Waals surface area contributed by atoms with Crippen molar-refractivity contribution in [3.63, 3.8) is 0 Å². The average Bonchev–Trinajstić information content (AvgIpc) is 2.78. The van der Waals surface area contributed by atoms with Crippen LogP contribution in [0.15, 0.2) is 53.4 Å². The molecule has 5 nitrogen and oxygen atoms in total. The first-order valence-electron chi connectivity index (χ1n) is 11.4.